The van der Waals surface area contributed by atoms with Crippen LogP contribution in [0.15, 0.2) is 0 Å². The van der Waals surface area contributed by atoms with Gasteiger partial charge >= 0.3 is 0 Å². The molecule has 3 saturated heterocycles. The maximum Gasteiger partial charge on any atom is 0.0574 e. The standard InChI is InChI=1S/C5H6S3/c6-5(7)4-3-2-1-8(2,3)4/h2-4H,1H2,(H,6,7). The third-order valence-corrected chi connectivity index (χ3v) is 8.05. The van der Waals surface area contributed by atoms with Gasteiger partial charge in [-0.3, -0.25) is 0 Å². The smallest absolute Gasteiger partial charge is 0.0574 e. The molecule has 4 unspecified atom stereocenters. The first-order valence-corrected chi connectivity index (χ1v) is 5.63. The first-order chi connectivity index (χ1) is 3.78. The first kappa shape index (κ1) is 4.58. The lowest BCUT2D eigenvalue weighted by atomic mass is 10.3. The Balaban J connectivity index is 1.92. The Morgan fingerprint density at radius 3 is 2.50 bits per heavy atom. The molecule has 1 spiro atoms. The molecule has 0 radical (unpaired) electrons. The van der Waals surface area contributed by atoms with E-state index in [9.17, 15) is 0 Å². The highest BCUT2D eigenvalue weighted by atomic mass is 32.3. The van der Waals surface area contributed by atoms with Crippen molar-refractivity contribution in [2.45, 2.75) is 15.7 Å². The van der Waals surface area contributed by atoms with E-state index in [0.717, 1.165) is 14.7 Å². The molecule has 4 atom stereocenters. The van der Waals surface area contributed by atoms with E-state index >= 15 is 0 Å². The summed E-state index contributed by atoms with van der Waals surface area (Å²) in [5.74, 6) is 1.56. The molecule has 3 heteroatoms. The third kappa shape index (κ3) is 0.256. The molecule has 3 aliphatic rings. The molecular weight excluding hydrogens is 156 g/mol. The normalized spacial score (nSPS) is 78.4. The zero-order valence-electron chi connectivity index (χ0n) is 4.20. The summed E-state index contributed by atoms with van der Waals surface area (Å²) in [5, 5.41) is 3.19. The summed E-state index contributed by atoms with van der Waals surface area (Å²) in [4.78, 5) is 0. The van der Waals surface area contributed by atoms with Gasteiger partial charge in [-0.15, -0.1) is 12.6 Å². The highest BCUT2D eigenvalue weighted by Crippen LogP contribution is 3.08. The fourth-order valence-electron chi connectivity index (χ4n) is 1.89. The molecule has 0 amide bonds. The third-order valence-electron chi connectivity index (χ3n) is 2.64. The first-order valence-electron chi connectivity index (χ1n) is 2.79. The highest BCUT2D eigenvalue weighted by Gasteiger charge is 2.94. The van der Waals surface area contributed by atoms with Gasteiger partial charge in [0.25, 0.3) is 0 Å². The van der Waals surface area contributed by atoms with Gasteiger partial charge in [-0.25, -0.2) is 10.0 Å². The van der Waals surface area contributed by atoms with Crippen molar-refractivity contribution < 1.29 is 0 Å². The van der Waals surface area contributed by atoms with Crippen molar-refractivity contribution >= 4 is 39.1 Å². The highest BCUT2D eigenvalue weighted by molar-refractivity contribution is 8.55. The second kappa shape index (κ2) is 0.917. The molecule has 3 fully saturated rings. The zero-order chi connectivity index (χ0) is 5.52. The Bertz CT molecular complexity index is 200. The molecule has 0 aliphatic carbocycles. The van der Waals surface area contributed by atoms with Crippen LogP contribution >= 0.6 is 34.9 Å². The Kier molecular flexibility index (Phi) is 0.525. The lowest BCUT2D eigenvalue weighted by molar-refractivity contribution is 1.07. The molecule has 0 nitrogen and oxygen atoms in total. The minimum absolute atomic E-state index is 0.0590. The van der Waals surface area contributed by atoms with Gasteiger partial charge in [0, 0.05) is 15.7 Å². The molecule has 3 rings (SSSR count). The molecule has 3 heterocycles. The van der Waals surface area contributed by atoms with Crippen LogP contribution in [-0.4, -0.2) is 25.7 Å². The van der Waals surface area contributed by atoms with Crippen LogP contribution in [0.2, 0.25) is 0 Å². The Hall–Kier alpha value is 0.790. The van der Waals surface area contributed by atoms with Crippen LogP contribution in [0, 0.1) is 0 Å². The van der Waals surface area contributed by atoms with Gasteiger partial charge in [0.2, 0.25) is 0 Å². The summed E-state index contributed by atoms with van der Waals surface area (Å²) < 4.78 is 1.01. The number of fused-ring (bicyclic) bond motifs is 1. The predicted octanol–water partition coefficient (Wildman–Crippen LogP) is 1.19. The van der Waals surface area contributed by atoms with E-state index in [0.29, 0.717) is 0 Å². The molecule has 0 N–H and O–H groups in total. The molecule has 8 heavy (non-hydrogen) atoms. The molecule has 3 aliphatic heterocycles. The summed E-state index contributed by atoms with van der Waals surface area (Å²) in [6.07, 6.45) is 0. The summed E-state index contributed by atoms with van der Waals surface area (Å²) in [6.45, 7) is 0. The van der Waals surface area contributed by atoms with Gasteiger partial charge in [0.15, 0.2) is 0 Å². The minimum Gasteiger partial charge on any atom is -0.221 e. The van der Waals surface area contributed by atoms with E-state index in [2.05, 4.69) is 12.6 Å². The number of thiocarbonyl (C=S) groups is 1. The molecule has 0 aromatic carbocycles. The van der Waals surface area contributed by atoms with Crippen molar-refractivity contribution in [2.24, 2.45) is 0 Å². The maximum atomic E-state index is 4.97. The minimum atomic E-state index is 0.0590. The number of thiol groups is 1. The van der Waals surface area contributed by atoms with Crippen LogP contribution in [0.4, 0.5) is 0 Å². The van der Waals surface area contributed by atoms with Crippen LogP contribution in [0.3, 0.4) is 0 Å². The quantitative estimate of drug-likeness (QED) is 0.343. The van der Waals surface area contributed by atoms with Crippen molar-refractivity contribution in [3.05, 3.63) is 0 Å². The summed E-state index contributed by atoms with van der Waals surface area (Å²) >= 11 is 9.15. The van der Waals surface area contributed by atoms with Crippen LogP contribution in [0.25, 0.3) is 0 Å². The van der Waals surface area contributed by atoms with Gasteiger partial charge < -0.3 is 0 Å². The summed E-state index contributed by atoms with van der Waals surface area (Å²) in [5.41, 5.74) is 0. The number of hydrogen-bond acceptors (Lipinski definition) is 1. The van der Waals surface area contributed by atoms with Crippen LogP contribution in [0.1, 0.15) is 0 Å². The number of hydrogen-bond donors (Lipinski definition) is 1. The van der Waals surface area contributed by atoms with Gasteiger partial charge in [-0.1, -0.05) is 12.2 Å². The van der Waals surface area contributed by atoms with E-state index in [4.69, 9.17) is 12.2 Å². The summed E-state index contributed by atoms with van der Waals surface area (Å²) in [6, 6.07) is 0. The van der Waals surface area contributed by atoms with E-state index < -0.39 is 0 Å². The lowest BCUT2D eigenvalue weighted by Gasteiger charge is -1.93. The second-order valence-corrected chi connectivity index (χ2v) is 7.87. The second-order valence-electron chi connectivity index (χ2n) is 2.84. The van der Waals surface area contributed by atoms with E-state index in [1.807, 2.05) is 0 Å². The van der Waals surface area contributed by atoms with Gasteiger partial charge in [0.1, 0.15) is 0 Å². The molecule has 0 saturated carbocycles. The fourth-order valence-corrected chi connectivity index (χ4v) is 8.34. The fraction of sp³-hybridized carbons (Fsp3) is 0.800. The van der Waals surface area contributed by atoms with E-state index in [1.165, 1.54) is 5.25 Å². The van der Waals surface area contributed by atoms with Gasteiger partial charge in [-0.2, -0.15) is 0 Å². The predicted molar refractivity (Wildman–Crippen MR) is 45.4 cm³/mol. The van der Waals surface area contributed by atoms with E-state index in [-0.39, 0.29) is 10.0 Å². The molecular formula is C5H6S3. The average molecular weight is 162 g/mol. The molecule has 0 aromatic heterocycles. The van der Waals surface area contributed by atoms with Gasteiger partial charge in [-0.05, 0) is 5.75 Å². The van der Waals surface area contributed by atoms with Crippen molar-refractivity contribution in [3.63, 3.8) is 0 Å². The molecule has 0 aromatic rings. The van der Waals surface area contributed by atoms with Gasteiger partial charge in [0.05, 0.1) is 4.20 Å². The van der Waals surface area contributed by atoms with Crippen LogP contribution in [-0.2, 0) is 0 Å². The molecule has 44 valence electrons. The Morgan fingerprint density at radius 2 is 2.38 bits per heavy atom. The van der Waals surface area contributed by atoms with Crippen molar-refractivity contribution in [3.8, 4) is 0 Å². The van der Waals surface area contributed by atoms with Crippen LogP contribution < -0.4 is 0 Å². The Morgan fingerprint density at radius 1 is 1.75 bits per heavy atom. The number of rotatable bonds is 1. The Labute approximate surface area is 60.8 Å². The molecule has 0 bridgehead atoms. The summed E-state index contributed by atoms with van der Waals surface area (Å²) in [7, 11) is 0.0590. The largest absolute Gasteiger partial charge is 0.221 e. The lowest BCUT2D eigenvalue weighted by Crippen LogP contribution is -2.05. The van der Waals surface area contributed by atoms with Crippen molar-refractivity contribution in [1.82, 2.24) is 0 Å². The zero-order valence-corrected chi connectivity index (χ0v) is 6.73. The maximum absolute atomic E-state index is 4.97. The average Bonchev–Trinajstić information content (AvgIpc) is 2.40. The SMILES string of the molecule is S=C(S)C1C2C3CS312. The topological polar surface area (TPSA) is 0 Å². The van der Waals surface area contributed by atoms with E-state index in [1.54, 1.807) is 5.75 Å². The monoisotopic (exact) mass is 162 g/mol. The van der Waals surface area contributed by atoms with Crippen molar-refractivity contribution in [1.29, 1.82) is 0 Å². The van der Waals surface area contributed by atoms with Crippen LogP contribution in [0.5, 0.6) is 0 Å². The van der Waals surface area contributed by atoms with Crippen molar-refractivity contribution in [2.75, 3.05) is 5.75 Å².